The summed E-state index contributed by atoms with van der Waals surface area (Å²) < 4.78 is 4.15. The maximum atomic E-state index is 4.65. The van der Waals surface area contributed by atoms with Gasteiger partial charge in [0.15, 0.2) is 0 Å². The molecule has 0 radical (unpaired) electrons. The van der Waals surface area contributed by atoms with Crippen LogP contribution in [0.4, 0.5) is 0 Å². The number of nitrogens with one attached hydrogen (secondary N) is 1. The Labute approximate surface area is 125 Å². The first-order chi connectivity index (χ1) is 10.1. The van der Waals surface area contributed by atoms with Crippen molar-refractivity contribution in [3.63, 3.8) is 0 Å². The summed E-state index contributed by atoms with van der Waals surface area (Å²) in [4.78, 5) is 0. The van der Waals surface area contributed by atoms with E-state index < -0.39 is 0 Å². The van der Waals surface area contributed by atoms with Gasteiger partial charge in [-0.25, -0.2) is 0 Å². The van der Waals surface area contributed by atoms with E-state index in [1.165, 1.54) is 16.5 Å². The molecular formula is C17H22N4. The smallest absolute Gasteiger partial charge is 0.0900 e. The van der Waals surface area contributed by atoms with Crippen LogP contribution in [0.1, 0.15) is 25.1 Å². The summed E-state index contributed by atoms with van der Waals surface area (Å²) in [6.45, 7) is 6.05. The van der Waals surface area contributed by atoms with E-state index in [0.717, 1.165) is 18.8 Å². The Kier molecular flexibility index (Phi) is 3.80. The largest absolute Gasteiger partial charge is 0.348 e. The van der Waals surface area contributed by atoms with Crippen LogP contribution in [0, 0.1) is 0 Å². The number of benzene rings is 1. The molecule has 0 aliphatic carbocycles. The van der Waals surface area contributed by atoms with Crippen LogP contribution in [-0.2, 0) is 20.1 Å². The van der Waals surface area contributed by atoms with Gasteiger partial charge in [-0.2, -0.15) is 5.10 Å². The highest BCUT2D eigenvalue weighted by Gasteiger charge is 2.08. The summed E-state index contributed by atoms with van der Waals surface area (Å²) in [5.74, 6) is 0. The molecule has 0 bridgehead atoms. The summed E-state index contributed by atoms with van der Waals surface area (Å²) in [5, 5.41) is 9.32. The van der Waals surface area contributed by atoms with E-state index >= 15 is 0 Å². The minimum Gasteiger partial charge on any atom is -0.348 e. The van der Waals surface area contributed by atoms with E-state index in [4.69, 9.17) is 0 Å². The third kappa shape index (κ3) is 3.00. The SMILES string of the molecule is CC(C)NCc1ccn(Cc2nn(C)c3ccccc23)c1. The Morgan fingerprint density at radius 2 is 2.00 bits per heavy atom. The second-order valence-electron chi connectivity index (χ2n) is 5.82. The maximum absolute atomic E-state index is 4.65. The van der Waals surface area contributed by atoms with Crippen molar-refractivity contribution < 1.29 is 0 Å². The summed E-state index contributed by atoms with van der Waals surface area (Å²) in [5.41, 5.74) is 3.61. The summed E-state index contributed by atoms with van der Waals surface area (Å²) in [7, 11) is 2.00. The van der Waals surface area contributed by atoms with Gasteiger partial charge in [0.1, 0.15) is 0 Å². The van der Waals surface area contributed by atoms with Crippen LogP contribution >= 0.6 is 0 Å². The fourth-order valence-electron chi connectivity index (χ4n) is 2.59. The van der Waals surface area contributed by atoms with E-state index in [2.05, 4.69) is 71.6 Å². The average molecular weight is 282 g/mol. The Morgan fingerprint density at radius 1 is 1.19 bits per heavy atom. The molecule has 1 N–H and O–H groups in total. The fraction of sp³-hybridized carbons (Fsp3) is 0.353. The molecule has 2 heterocycles. The number of aromatic nitrogens is 3. The topological polar surface area (TPSA) is 34.8 Å². The molecule has 3 rings (SSSR count). The maximum Gasteiger partial charge on any atom is 0.0900 e. The van der Waals surface area contributed by atoms with Gasteiger partial charge < -0.3 is 9.88 Å². The molecule has 0 aliphatic rings. The lowest BCUT2D eigenvalue weighted by atomic mass is 10.2. The number of rotatable bonds is 5. The predicted octanol–water partition coefficient (Wildman–Crippen LogP) is 2.92. The van der Waals surface area contributed by atoms with Crippen molar-refractivity contribution in [1.29, 1.82) is 0 Å². The second kappa shape index (κ2) is 5.74. The van der Waals surface area contributed by atoms with Crippen molar-refractivity contribution in [3.8, 4) is 0 Å². The lowest BCUT2D eigenvalue weighted by molar-refractivity contribution is 0.588. The Balaban J connectivity index is 1.79. The van der Waals surface area contributed by atoms with E-state index in [0.29, 0.717) is 6.04 Å². The number of fused-ring (bicyclic) bond motifs is 1. The van der Waals surface area contributed by atoms with Crippen LogP contribution in [0.15, 0.2) is 42.7 Å². The van der Waals surface area contributed by atoms with Crippen molar-refractivity contribution in [1.82, 2.24) is 19.7 Å². The second-order valence-corrected chi connectivity index (χ2v) is 5.82. The molecule has 0 fully saturated rings. The zero-order valence-corrected chi connectivity index (χ0v) is 12.9. The van der Waals surface area contributed by atoms with Gasteiger partial charge in [0.05, 0.1) is 17.8 Å². The van der Waals surface area contributed by atoms with Gasteiger partial charge >= 0.3 is 0 Å². The van der Waals surface area contributed by atoms with Crippen LogP contribution in [0.5, 0.6) is 0 Å². The summed E-state index contributed by atoms with van der Waals surface area (Å²) >= 11 is 0. The molecule has 1 aromatic carbocycles. The molecule has 2 aromatic heterocycles. The molecule has 21 heavy (non-hydrogen) atoms. The Bertz CT molecular complexity index is 736. The summed E-state index contributed by atoms with van der Waals surface area (Å²) in [6, 6.07) is 11.1. The predicted molar refractivity (Wildman–Crippen MR) is 86.2 cm³/mol. The highest BCUT2D eigenvalue weighted by molar-refractivity contribution is 5.81. The zero-order valence-electron chi connectivity index (χ0n) is 12.9. The molecule has 4 heteroatoms. The molecule has 0 amide bonds. The molecule has 0 saturated carbocycles. The highest BCUT2D eigenvalue weighted by Crippen LogP contribution is 2.18. The molecule has 0 unspecified atom stereocenters. The Morgan fingerprint density at radius 3 is 2.81 bits per heavy atom. The van der Waals surface area contributed by atoms with Gasteiger partial charge in [0, 0.05) is 37.4 Å². The van der Waals surface area contributed by atoms with Gasteiger partial charge in [-0.15, -0.1) is 0 Å². The van der Waals surface area contributed by atoms with Crippen molar-refractivity contribution in [2.45, 2.75) is 33.0 Å². The van der Waals surface area contributed by atoms with Crippen molar-refractivity contribution in [2.24, 2.45) is 7.05 Å². The van der Waals surface area contributed by atoms with Crippen LogP contribution < -0.4 is 5.32 Å². The van der Waals surface area contributed by atoms with Crippen LogP contribution in [0.3, 0.4) is 0 Å². The lowest BCUT2D eigenvalue weighted by Crippen LogP contribution is -2.21. The number of hydrogen-bond acceptors (Lipinski definition) is 2. The van der Waals surface area contributed by atoms with Crippen LogP contribution in [0.2, 0.25) is 0 Å². The van der Waals surface area contributed by atoms with Gasteiger partial charge in [-0.3, -0.25) is 4.68 Å². The van der Waals surface area contributed by atoms with Crippen LogP contribution in [0.25, 0.3) is 10.9 Å². The molecule has 0 aliphatic heterocycles. The van der Waals surface area contributed by atoms with Gasteiger partial charge in [-0.05, 0) is 17.7 Å². The zero-order chi connectivity index (χ0) is 14.8. The normalized spacial score (nSPS) is 11.6. The quantitative estimate of drug-likeness (QED) is 0.781. The third-order valence-corrected chi connectivity index (χ3v) is 3.69. The fourth-order valence-corrected chi connectivity index (χ4v) is 2.59. The number of hydrogen-bond donors (Lipinski definition) is 1. The third-order valence-electron chi connectivity index (χ3n) is 3.69. The van der Waals surface area contributed by atoms with Crippen molar-refractivity contribution in [3.05, 3.63) is 54.0 Å². The van der Waals surface area contributed by atoms with Gasteiger partial charge in [-0.1, -0.05) is 32.0 Å². The number of nitrogens with zero attached hydrogens (tertiary/aromatic N) is 3. The molecule has 110 valence electrons. The highest BCUT2D eigenvalue weighted by atomic mass is 15.3. The number of aryl methyl sites for hydroxylation is 1. The minimum absolute atomic E-state index is 0.507. The van der Waals surface area contributed by atoms with E-state index in [9.17, 15) is 0 Å². The first-order valence-corrected chi connectivity index (χ1v) is 7.42. The molecule has 3 aromatic rings. The van der Waals surface area contributed by atoms with Crippen molar-refractivity contribution >= 4 is 10.9 Å². The first-order valence-electron chi connectivity index (χ1n) is 7.42. The minimum atomic E-state index is 0.507. The van der Waals surface area contributed by atoms with Crippen molar-refractivity contribution in [2.75, 3.05) is 0 Å². The molecule has 0 atom stereocenters. The molecule has 0 spiro atoms. The first kappa shape index (κ1) is 13.9. The standard InChI is InChI=1S/C17H22N4/c1-13(2)18-10-14-8-9-21(11-14)12-16-15-6-4-5-7-17(15)20(3)19-16/h4-9,11,13,18H,10,12H2,1-3H3. The number of para-hydroxylation sites is 1. The van der Waals surface area contributed by atoms with Gasteiger partial charge in [0.2, 0.25) is 0 Å². The molecular weight excluding hydrogens is 260 g/mol. The van der Waals surface area contributed by atoms with Crippen LogP contribution in [-0.4, -0.2) is 20.4 Å². The lowest BCUT2D eigenvalue weighted by Gasteiger charge is -2.05. The molecule has 4 nitrogen and oxygen atoms in total. The van der Waals surface area contributed by atoms with E-state index in [1.807, 2.05) is 11.7 Å². The van der Waals surface area contributed by atoms with E-state index in [1.54, 1.807) is 0 Å². The Hall–Kier alpha value is -2.07. The average Bonchev–Trinajstić information content (AvgIpc) is 3.03. The summed E-state index contributed by atoms with van der Waals surface area (Å²) in [6.07, 6.45) is 4.32. The molecule has 0 saturated heterocycles. The van der Waals surface area contributed by atoms with Gasteiger partial charge in [0.25, 0.3) is 0 Å². The monoisotopic (exact) mass is 282 g/mol. The van der Waals surface area contributed by atoms with E-state index in [-0.39, 0.29) is 0 Å².